The second kappa shape index (κ2) is 52.0. The maximum atomic E-state index is 13.2. The Morgan fingerprint density at radius 3 is 1.19 bits per heavy atom. The number of hydrogen-bond donors (Lipinski definition) is 12. The summed E-state index contributed by atoms with van der Waals surface area (Å²) in [5.74, 6) is -0.287. The number of unbranched alkanes of at least 4 members (excludes halogenated alkanes) is 21. The molecule has 17 atom stereocenters. The van der Waals surface area contributed by atoms with Crippen molar-refractivity contribution in [3.05, 3.63) is 97.2 Å². The van der Waals surface area contributed by atoms with Crippen LogP contribution in [0.3, 0.4) is 0 Å². The van der Waals surface area contributed by atoms with E-state index in [4.69, 9.17) is 28.4 Å². The summed E-state index contributed by atoms with van der Waals surface area (Å²) in [7, 11) is 0. The molecule has 0 aliphatic carbocycles. The lowest BCUT2D eigenvalue weighted by molar-refractivity contribution is -0.379. The Morgan fingerprint density at radius 1 is 0.411 bits per heavy atom. The van der Waals surface area contributed by atoms with Crippen LogP contribution in [0.2, 0.25) is 0 Å². The topological polar surface area (TPSA) is 307 Å². The van der Waals surface area contributed by atoms with E-state index in [0.29, 0.717) is 12.8 Å². The van der Waals surface area contributed by atoms with Crippen molar-refractivity contribution in [1.82, 2.24) is 5.32 Å². The highest BCUT2D eigenvalue weighted by atomic mass is 16.8. The quantitative estimate of drug-likeness (QED) is 0.0200. The minimum atomic E-state index is -1.98. The molecule has 90 heavy (non-hydrogen) atoms. The molecule has 3 fully saturated rings. The van der Waals surface area contributed by atoms with Gasteiger partial charge in [-0.1, -0.05) is 233 Å². The van der Waals surface area contributed by atoms with E-state index in [-0.39, 0.29) is 18.9 Å². The zero-order valence-corrected chi connectivity index (χ0v) is 54.6. The van der Waals surface area contributed by atoms with Crippen LogP contribution in [0.25, 0.3) is 0 Å². The molecule has 1 amide bonds. The fourth-order valence-corrected chi connectivity index (χ4v) is 11.0. The van der Waals surface area contributed by atoms with Gasteiger partial charge in [-0.2, -0.15) is 0 Å². The number of ether oxygens (including phenoxy) is 6. The van der Waals surface area contributed by atoms with Crippen molar-refractivity contribution in [3.8, 4) is 0 Å². The average Bonchev–Trinajstić information content (AvgIpc) is 1.63. The summed E-state index contributed by atoms with van der Waals surface area (Å²) in [6.07, 6.45) is 42.5. The zero-order chi connectivity index (χ0) is 65.4. The summed E-state index contributed by atoms with van der Waals surface area (Å²) in [6, 6.07) is -0.971. The zero-order valence-electron chi connectivity index (χ0n) is 54.6. The van der Waals surface area contributed by atoms with Gasteiger partial charge in [-0.25, -0.2) is 0 Å². The molecular formula is C71H121NO18. The standard InChI is InChI=1S/C71H121NO18/c1-3-5-7-9-10-11-12-13-14-15-16-17-18-19-20-21-22-23-24-25-26-27-28-29-30-31-32-33-34-35-36-37-38-39-40-41-42-43-44-45-47-49-59(77)72-54(55(76)48-46-8-6-4-2)53-85-69-65(83)62(80)67(57(51-74)87-69)90-71-66(84)63(81)68(58(52-75)88-71)89-70-64(82)61(79)60(78)56(50-73)86-70/h5,7,10-11,13-14,16-17,19-20,22-23,25-26,46,48,54-58,60-71,73-76,78-84H,3-4,6,8-9,12,15,18,21,24,27-45,47,49-53H2,1-2H3,(H,72,77)/b7-5-,11-10-,14-13-,17-16-,20-19-,23-22-,26-25-,48-46+. The van der Waals surface area contributed by atoms with Gasteiger partial charge in [-0.05, 0) is 70.6 Å². The van der Waals surface area contributed by atoms with Crippen molar-refractivity contribution < 1.29 is 89.4 Å². The van der Waals surface area contributed by atoms with E-state index in [0.717, 1.165) is 77.0 Å². The summed E-state index contributed by atoms with van der Waals surface area (Å²) < 4.78 is 34.1. The third-order valence-corrected chi connectivity index (χ3v) is 16.6. The lowest BCUT2D eigenvalue weighted by atomic mass is 9.96. The lowest BCUT2D eigenvalue weighted by Gasteiger charge is -2.48. The molecule has 0 aromatic heterocycles. The first-order valence-corrected chi connectivity index (χ1v) is 34.5. The van der Waals surface area contributed by atoms with E-state index in [1.54, 1.807) is 6.08 Å². The Kier molecular flexibility index (Phi) is 46.8. The smallest absolute Gasteiger partial charge is 0.220 e. The van der Waals surface area contributed by atoms with E-state index in [1.165, 1.54) is 103 Å². The van der Waals surface area contributed by atoms with Gasteiger partial charge >= 0.3 is 0 Å². The largest absolute Gasteiger partial charge is 0.394 e. The molecule has 19 heteroatoms. The van der Waals surface area contributed by atoms with Crippen molar-refractivity contribution in [2.45, 2.75) is 317 Å². The normalized spacial score (nSPS) is 28.7. The molecule has 3 aliphatic rings. The summed E-state index contributed by atoms with van der Waals surface area (Å²) in [6.45, 7) is 1.42. The van der Waals surface area contributed by atoms with Crippen LogP contribution in [-0.4, -0.2) is 193 Å². The van der Waals surface area contributed by atoms with Crippen LogP contribution < -0.4 is 5.32 Å². The maximum Gasteiger partial charge on any atom is 0.220 e. The summed E-state index contributed by atoms with van der Waals surface area (Å²) in [5, 5.41) is 119. The predicted octanol–water partition coefficient (Wildman–Crippen LogP) is 8.88. The minimum Gasteiger partial charge on any atom is -0.394 e. The van der Waals surface area contributed by atoms with Crippen LogP contribution in [0.1, 0.15) is 213 Å². The van der Waals surface area contributed by atoms with Gasteiger partial charge in [-0.3, -0.25) is 4.79 Å². The molecule has 3 saturated heterocycles. The van der Waals surface area contributed by atoms with Crippen molar-refractivity contribution >= 4 is 5.91 Å². The van der Waals surface area contributed by atoms with E-state index >= 15 is 0 Å². The first-order valence-electron chi connectivity index (χ1n) is 34.5. The highest BCUT2D eigenvalue weighted by molar-refractivity contribution is 5.76. The number of allylic oxidation sites excluding steroid dienone is 15. The van der Waals surface area contributed by atoms with Gasteiger partial charge in [0.05, 0.1) is 38.6 Å². The summed E-state index contributed by atoms with van der Waals surface area (Å²) >= 11 is 0. The third kappa shape index (κ3) is 33.7. The van der Waals surface area contributed by atoms with Crippen molar-refractivity contribution in [2.75, 3.05) is 26.4 Å². The van der Waals surface area contributed by atoms with Crippen LogP contribution in [0.5, 0.6) is 0 Å². The van der Waals surface area contributed by atoms with Crippen molar-refractivity contribution in [3.63, 3.8) is 0 Å². The fraction of sp³-hybridized carbons (Fsp3) is 0.761. The Hall–Kier alpha value is -3.29. The monoisotopic (exact) mass is 1280 g/mol. The Morgan fingerprint density at radius 2 is 0.767 bits per heavy atom. The molecule has 0 radical (unpaired) electrons. The molecule has 3 aliphatic heterocycles. The number of carbonyl (C=O) groups is 1. The van der Waals surface area contributed by atoms with Crippen molar-refractivity contribution in [1.29, 1.82) is 0 Å². The molecule has 3 heterocycles. The number of carbonyl (C=O) groups excluding carboxylic acids is 1. The summed E-state index contributed by atoms with van der Waals surface area (Å²) in [5.41, 5.74) is 0. The van der Waals surface area contributed by atoms with Gasteiger partial charge in [0.2, 0.25) is 5.91 Å². The van der Waals surface area contributed by atoms with Gasteiger partial charge < -0.3 is 89.9 Å². The van der Waals surface area contributed by atoms with Crippen LogP contribution >= 0.6 is 0 Å². The Labute approximate surface area is 539 Å². The molecule has 0 bridgehead atoms. The molecule has 0 spiro atoms. The number of hydrogen-bond acceptors (Lipinski definition) is 18. The first-order chi connectivity index (χ1) is 43.8. The number of aliphatic hydroxyl groups excluding tert-OH is 11. The third-order valence-electron chi connectivity index (χ3n) is 16.6. The van der Waals surface area contributed by atoms with Crippen LogP contribution in [0.15, 0.2) is 97.2 Å². The van der Waals surface area contributed by atoms with Crippen LogP contribution in [0.4, 0.5) is 0 Å². The second-order valence-corrected chi connectivity index (χ2v) is 24.3. The van der Waals surface area contributed by atoms with Crippen LogP contribution in [-0.2, 0) is 33.2 Å². The molecular weight excluding hydrogens is 1150 g/mol. The number of rotatable bonds is 51. The molecule has 3 rings (SSSR count). The minimum absolute atomic E-state index is 0.239. The molecule has 518 valence electrons. The number of aliphatic hydroxyl groups is 11. The van der Waals surface area contributed by atoms with Gasteiger partial charge in [0.15, 0.2) is 18.9 Å². The second-order valence-electron chi connectivity index (χ2n) is 24.3. The van der Waals surface area contributed by atoms with E-state index in [9.17, 15) is 61.0 Å². The predicted molar refractivity (Wildman–Crippen MR) is 351 cm³/mol. The molecule has 12 N–H and O–H groups in total. The SMILES string of the molecule is CC/C=C\C/C=C\C/C=C\C/C=C\C/C=C\C/C=C\C/C=C\CCCCCCCCCCCCCCCCCCCCCC(=O)NC(COC1OC(CO)C(OC2OC(CO)C(OC3OC(CO)C(O)C(O)C3O)C(O)C2O)C(O)C1O)C(O)/C=C/CCCC. The van der Waals surface area contributed by atoms with Gasteiger partial charge in [-0.15, -0.1) is 0 Å². The lowest BCUT2D eigenvalue weighted by Crippen LogP contribution is -2.66. The van der Waals surface area contributed by atoms with E-state index in [2.05, 4.69) is 97.3 Å². The summed E-state index contributed by atoms with van der Waals surface area (Å²) in [4.78, 5) is 13.2. The molecule has 17 unspecified atom stereocenters. The van der Waals surface area contributed by atoms with Gasteiger partial charge in [0, 0.05) is 6.42 Å². The molecule has 0 aromatic rings. The van der Waals surface area contributed by atoms with Gasteiger partial charge in [0.25, 0.3) is 0 Å². The maximum absolute atomic E-state index is 13.2. The van der Waals surface area contributed by atoms with E-state index in [1.807, 2.05) is 13.0 Å². The Bertz CT molecular complexity index is 2010. The fourth-order valence-electron chi connectivity index (χ4n) is 11.0. The molecule has 0 saturated carbocycles. The molecule has 0 aromatic carbocycles. The van der Waals surface area contributed by atoms with Gasteiger partial charge in [0.1, 0.15) is 73.2 Å². The van der Waals surface area contributed by atoms with E-state index < -0.39 is 124 Å². The average molecular weight is 1280 g/mol. The highest BCUT2D eigenvalue weighted by Gasteiger charge is 2.53. The number of amides is 1. The van der Waals surface area contributed by atoms with Crippen molar-refractivity contribution in [2.24, 2.45) is 0 Å². The first kappa shape index (κ1) is 80.9. The molecule has 19 nitrogen and oxygen atoms in total. The highest BCUT2D eigenvalue weighted by Crippen LogP contribution is 2.33. The van der Waals surface area contributed by atoms with Crippen LogP contribution in [0, 0.1) is 0 Å². The number of nitrogens with one attached hydrogen (secondary N) is 1. The Balaban J connectivity index is 1.21.